The van der Waals surface area contributed by atoms with Crippen LogP contribution in [0.4, 0.5) is 0 Å². The van der Waals surface area contributed by atoms with E-state index in [1.54, 1.807) is 0 Å². The van der Waals surface area contributed by atoms with Crippen molar-refractivity contribution in [3.63, 3.8) is 0 Å². The average molecular weight is 328 g/mol. The molecule has 0 radical (unpaired) electrons. The molecule has 0 fully saturated rings. The zero-order valence-corrected chi connectivity index (χ0v) is 16.4. The van der Waals surface area contributed by atoms with E-state index in [-0.39, 0.29) is 6.04 Å². The fourth-order valence-electron chi connectivity index (χ4n) is 3.42. The Hall–Kier alpha value is -0.410. The lowest BCUT2D eigenvalue weighted by Gasteiger charge is -2.39. The second-order valence-electron chi connectivity index (χ2n) is 7.25. The molecule has 0 heterocycles. The number of quaternary nitrogens is 1. The summed E-state index contributed by atoms with van der Waals surface area (Å²) >= 11 is 0. The maximum absolute atomic E-state index is 12.6. The van der Waals surface area contributed by atoms with E-state index < -0.39 is 0 Å². The number of hydrogen-bond acceptors (Lipinski definition) is 2. The topological polar surface area (TPSA) is 43.1 Å². The van der Waals surface area contributed by atoms with Gasteiger partial charge in [0.1, 0.15) is 6.04 Å². The summed E-state index contributed by atoms with van der Waals surface area (Å²) in [7, 11) is 2.20. The number of Topliss-reactive ketones (excluding diaryl/α,β-unsaturated/α-hetero) is 1. The minimum atomic E-state index is 0.101. The summed E-state index contributed by atoms with van der Waals surface area (Å²) in [5, 5.41) is 0. The highest BCUT2D eigenvalue weighted by Gasteiger charge is 2.34. The minimum absolute atomic E-state index is 0.101. The molecule has 3 nitrogen and oxygen atoms in total. The molecule has 0 rings (SSSR count). The molecule has 0 aromatic carbocycles. The zero-order chi connectivity index (χ0) is 17.6. The summed E-state index contributed by atoms with van der Waals surface area (Å²) in [5.74, 6) is 0.435. The Labute approximate surface area is 145 Å². The second kappa shape index (κ2) is 14.0. The first-order chi connectivity index (χ1) is 11.1. The Bertz CT molecular complexity index is 287. The van der Waals surface area contributed by atoms with Crippen LogP contribution >= 0.6 is 0 Å². The van der Waals surface area contributed by atoms with E-state index in [1.165, 1.54) is 51.4 Å². The Morgan fingerprint density at radius 1 is 0.870 bits per heavy atom. The number of carbonyl (C=O) groups is 1. The molecule has 0 spiro atoms. The largest absolute Gasteiger partial charge is 0.330 e. The van der Waals surface area contributed by atoms with Crippen molar-refractivity contribution in [3.05, 3.63) is 0 Å². The molecule has 0 saturated heterocycles. The van der Waals surface area contributed by atoms with Crippen LogP contribution in [0.5, 0.6) is 0 Å². The lowest BCUT2D eigenvalue weighted by atomic mass is 9.98. The molecule has 23 heavy (non-hydrogen) atoms. The number of nitrogens with zero attached hydrogens (tertiary/aromatic N) is 1. The number of carbonyl (C=O) groups excluding carboxylic acids is 1. The van der Waals surface area contributed by atoms with E-state index in [0.29, 0.717) is 12.3 Å². The van der Waals surface area contributed by atoms with E-state index >= 15 is 0 Å². The van der Waals surface area contributed by atoms with Crippen LogP contribution in [0.25, 0.3) is 0 Å². The van der Waals surface area contributed by atoms with E-state index in [9.17, 15) is 4.79 Å². The van der Waals surface area contributed by atoms with Crippen molar-refractivity contribution in [1.82, 2.24) is 0 Å². The van der Waals surface area contributed by atoms with Gasteiger partial charge in [-0.3, -0.25) is 4.79 Å². The standard InChI is InChI=1S/C20H43N2O/c1-5-8-9-10-11-12-13-14-15-16-20(23)19(17-18-21)22(4,6-2)7-3/h19H,5-18,21H2,1-4H3/q+1. The number of unbranched alkanes of at least 4 members (excludes halogenated alkanes) is 8. The van der Waals surface area contributed by atoms with Crippen molar-refractivity contribution < 1.29 is 9.28 Å². The van der Waals surface area contributed by atoms with Crippen LogP contribution < -0.4 is 5.73 Å². The van der Waals surface area contributed by atoms with Gasteiger partial charge in [0.15, 0.2) is 5.78 Å². The molecule has 0 aromatic rings. The highest BCUT2D eigenvalue weighted by atomic mass is 16.1. The molecule has 0 aliphatic heterocycles. The molecule has 138 valence electrons. The Kier molecular flexibility index (Phi) is 13.7. The van der Waals surface area contributed by atoms with Gasteiger partial charge in [-0.2, -0.15) is 0 Å². The van der Waals surface area contributed by atoms with Crippen molar-refractivity contribution in [3.8, 4) is 0 Å². The van der Waals surface area contributed by atoms with Crippen LogP contribution in [0.2, 0.25) is 0 Å². The van der Waals surface area contributed by atoms with Gasteiger partial charge in [-0.1, -0.05) is 58.3 Å². The molecule has 0 saturated carbocycles. The van der Waals surface area contributed by atoms with Gasteiger partial charge in [0.25, 0.3) is 0 Å². The lowest BCUT2D eigenvalue weighted by Crippen LogP contribution is -2.56. The monoisotopic (exact) mass is 327 g/mol. The van der Waals surface area contributed by atoms with Gasteiger partial charge in [-0.05, 0) is 26.8 Å². The van der Waals surface area contributed by atoms with Crippen molar-refractivity contribution in [1.29, 1.82) is 0 Å². The van der Waals surface area contributed by atoms with Crippen LogP contribution in [-0.2, 0) is 4.79 Å². The van der Waals surface area contributed by atoms with Crippen molar-refractivity contribution >= 4 is 5.78 Å². The predicted octanol–water partition coefficient (Wildman–Crippen LogP) is 4.68. The van der Waals surface area contributed by atoms with Crippen molar-refractivity contribution in [2.24, 2.45) is 5.73 Å². The Morgan fingerprint density at radius 3 is 1.78 bits per heavy atom. The number of likely N-dealkylation sites (N-methyl/N-ethyl adjacent to an activating group) is 1. The van der Waals surface area contributed by atoms with E-state index in [0.717, 1.165) is 36.8 Å². The van der Waals surface area contributed by atoms with E-state index in [4.69, 9.17) is 5.73 Å². The summed E-state index contributed by atoms with van der Waals surface area (Å²) in [6.45, 7) is 9.24. The van der Waals surface area contributed by atoms with Gasteiger partial charge < -0.3 is 10.2 Å². The number of nitrogens with two attached hydrogens (primary N) is 1. The van der Waals surface area contributed by atoms with Crippen molar-refractivity contribution in [2.45, 2.75) is 97.4 Å². The average Bonchev–Trinajstić information content (AvgIpc) is 2.57. The third kappa shape index (κ3) is 9.46. The van der Waals surface area contributed by atoms with Gasteiger partial charge in [0.05, 0.1) is 20.1 Å². The van der Waals surface area contributed by atoms with Crippen LogP contribution in [0, 0.1) is 0 Å². The van der Waals surface area contributed by atoms with Gasteiger partial charge >= 0.3 is 0 Å². The predicted molar refractivity (Wildman–Crippen MR) is 102 cm³/mol. The van der Waals surface area contributed by atoms with Crippen LogP contribution in [0.15, 0.2) is 0 Å². The molecule has 0 aromatic heterocycles. The number of hydrogen-bond donors (Lipinski definition) is 1. The van der Waals surface area contributed by atoms with Crippen LogP contribution in [-0.4, -0.2) is 43.0 Å². The maximum atomic E-state index is 12.6. The fourth-order valence-corrected chi connectivity index (χ4v) is 3.42. The zero-order valence-electron chi connectivity index (χ0n) is 16.4. The summed E-state index contributed by atoms with van der Waals surface area (Å²) in [6.07, 6.45) is 13.3. The van der Waals surface area contributed by atoms with Gasteiger partial charge in [-0.15, -0.1) is 0 Å². The summed E-state index contributed by atoms with van der Waals surface area (Å²) in [4.78, 5) is 12.6. The molecular formula is C20H43N2O+. The first kappa shape index (κ1) is 22.6. The Balaban J connectivity index is 3.96. The number of rotatable bonds is 16. The van der Waals surface area contributed by atoms with Crippen molar-refractivity contribution in [2.75, 3.05) is 26.7 Å². The molecule has 0 aliphatic rings. The van der Waals surface area contributed by atoms with Crippen LogP contribution in [0.3, 0.4) is 0 Å². The maximum Gasteiger partial charge on any atom is 0.189 e. The third-order valence-corrected chi connectivity index (χ3v) is 5.54. The molecule has 3 heteroatoms. The molecule has 1 unspecified atom stereocenters. The smallest absolute Gasteiger partial charge is 0.189 e. The Morgan fingerprint density at radius 2 is 1.35 bits per heavy atom. The third-order valence-electron chi connectivity index (χ3n) is 5.54. The highest BCUT2D eigenvalue weighted by molar-refractivity contribution is 5.82. The van der Waals surface area contributed by atoms with Crippen LogP contribution in [0.1, 0.15) is 91.4 Å². The summed E-state index contributed by atoms with van der Waals surface area (Å²) < 4.78 is 0.841. The van der Waals surface area contributed by atoms with Gasteiger partial charge in [-0.25, -0.2) is 0 Å². The van der Waals surface area contributed by atoms with Gasteiger partial charge in [0, 0.05) is 12.8 Å². The SMILES string of the molecule is CCCCCCCCCCCC(=O)C(CCN)[N+](C)(CC)CC. The quantitative estimate of drug-likeness (QED) is 0.330. The first-order valence-electron chi connectivity index (χ1n) is 10.1. The normalized spacial score (nSPS) is 13.3. The lowest BCUT2D eigenvalue weighted by molar-refractivity contribution is -0.921. The van der Waals surface area contributed by atoms with Gasteiger partial charge in [0.2, 0.25) is 0 Å². The minimum Gasteiger partial charge on any atom is -0.330 e. The molecule has 0 aliphatic carbocycles. The fraction of sp³-hybridized carbons (Fsp3) is 0.950. The molecule has 1 atom stereocenters. The van der Waals surface area contributed by atoms with E-state index in [1.807, 2.05) is 0 Å². The summed E-state index contributed by atoms with van der Waals surface area (Å²) in [5.41, 5.74) is 5.76. The molecule has 0 bridgehead atoms. The highest BCUT2D eigenvalue weighted by Crippen LogP contribution is 2.18. The first-order valence-corrected chi connectivity index (χ1v) is 10.1. The summed E-state index contributed by atoms with van der Waals surface area (Å²) in [6, 6.07) is 0.101. The van der Waals surface area contributed by atoms with E-state index in [2.05, 4.69) is 27.8 Å². The molecule has 2 N–H and O–H groups in total. The number of ketones is 1. The molecule has 0 amide bonds. The molecular weight excluding hydrogens is 284 g/mol. The second-order valence-corrected chi connectivity index (χ2v) is 7.25.